The molecule has 0 fully saturated rings. The maximum absolute atomic E-state index is 14.1. The highest BCUT2D eigenvalue weighted by molar-refractivity contribution is 5.88. The van der Waals surface area contributed by atoms with Crippen molar-refractivity contribution in [3.63, 3.8) is 0 Å². The summed E-state index contributed by atoms with van der Waals surface area (Å²) in [5.74, 6) is -0.844. The molecule has 2 aromatic rings. The van der Waals surface area contributed by atoms with Gasteiger partial charge in [0.1, 0.15) is 11.9 Å². The molecule has 5 heteroatoms. The molecule has 2 aromatic carbocycles. The lowest BCUT2D eigenvalue weighted by molar-refractivity contribution is -0.140. The number of carbonyl (C=O) groups is 2. The molecule has 2 amide bonds. The molecule has 0 unspecified atom stereocenters. The molecule has 0 radical (unpaired) electrons. The molecule has 0 spiro atoms. The summed E-state index contributed by atoms with van der Waals surface area (Å²) < 4.78 is 14.1. The molecule has 0 aliphatic heterocycles. The van der Waals surface area contributed by atoms with Gasteiger partial charge >= 0.3 is 0 Å². The van der Waals surface area contributed by atoms with Gasteiger partial charge in [-0.1, -0.05) is 48.0 Å². The molecule has 26 heavy (non-hydrogen) atoms. The molecule has 0 heterocycles. The first-order valence-electron chi connectivity index (χ1n) is 8.78. The third-order valence-electron chi connectivity index (χ3n) is 4.25. The highest BCUT2D eigenvalue weighted by Crippen LogP contribution is 2.15. The van der Waals surface area contributed by atoms with Crippen molar-refractivity contribution in [2.24, 2.45) is 0 Å². The minimum absolute atomic E-state index is 0.0512. The number of likely N-dealkylation sites (N-methyl/N-ethyl adjacent to an activating group) is 1. The average molecular weight is 356 g/mol. The van der Waals surface area contributed by atoms with Crippen LogP contribution in [0.15, 0.2) is 48.5 Å². The smallest absolute Gasteiger partial charge is 0.242 e. The third-order valence-corrected chi connectivity index (χ3v) is 4.25. The number of hydrogen-bond donors (Lipinski definition) is 1. The van der Waals surface area contributed by atoms with Crippen LogP contribution in [0.2, 0.25) is 0 Å². The van der Waals surface area contributed by atoms with Gasteiger partial charge in [-0.3, -0.25) is 9.59 Å². The van der Waals surface area contributed by atoms with Crippen molar-refractivity contribution in [1.29, 1.82) is 0 Å². The van der Waals surface area contributed by atoms with Crippen LogP contribution in [-0.2, 0) is 22.6 Å². The maximum atomic E-state index is 14.1. The van der Waals surface area contributed by atoms with Gasteiger partial charge in [-0.25, -0.2) is 4.39 Å². The Morgan fingerprint density at radius 3 is 2.54 bits per heavy atom. The monoisotopic (exact) mass is 356 g/mol. The number of benzene rings is 2. The van der Waals surface area contributed by atoms with Gasteiger partial charge < -0.3 is 10.2 Å². The van der Waals surface area contributed by atoms with E-state index in [1.54, 1.807) is 25.1 Å². The van der Waals surface area contributed by atoms with Crippen molar-refractivity contribution in [1.82, 2.24) is 10.2 Å². The average Bonchev–Trinajstić information content (AvgIpc) is 2.60. The van der Waals surface area contributed by atoms with Crippen LogP contribution >= 0.6 is 0 Å². The Kier molecular flexibility index (Phi) is 6.89. The number of halogens is 1. The molecule has 4 nitrogen and oxygen atoms in total. The fourth-order valence-corrected chi connectivity index (χ4v) is 2.81. The molecule has 0 aliphatic rings. The number of rotatable bonds is 7. The predicted octanol–water partition coefficient (Wildman–Crippen LogP) is 3.23. The molecule has 0 bridgehead atoms. The van der Waals surface area contributed by atoms with E-state index < -0.39 is 6.04 Å². The van der Waals surface area contributed by atoms with Gasteiger partial charge in [-0.05, 0) is 32.4 Å². The van der Waals surface area contributed by atoms with Crippen molar-refractivity contribution in [3.8, 4) is 0 Å². The van der Waals surface area contributed by atoms with E-state index in [1.807, 2.05) is 38.1 Å². The Balaban J connectivity index is 2.25. The molecule has 2 rings (SSSR count). The van der Waals surface area contributed by atoms with Crippen molar-refractivity contribution in [3.05, 3.63) is 71.0 Å². The molecule has 1 atom stereocenters. The van der Waals surface area contributed by atoms with Crippen LogP contribution in [0.3, 0.4) is 0 Å². The summed E-state index contributed by atoms with van der Waals surface area (Å²) in [5.41, 5.74) is 2.32. The summed E-state index contributed by atoms with van der Waals surface area (Å²) >= 11 is 0. The highest BCUT2D eigenvalue weighted by atomic mass is 19.1. The summed E-state index contributed by atoms with van der Waals surface area (Å²) in [5, 5.41) is 2.73. The van der Waals surface area contributed by atoms with Gasteiger partial charge in [0.2, 0.25) is 11.8 Å². The summed E-state index contributed by atoms with van der Waals surface area (Å²) in [4.78, 5) is 26.6. The van der Waals surface area contributed by atoms with Crippen molar-refractivity contribution in [2.75, 3.05) is 6.54 Å². The Morgan fingerprint density at radius 2 is 1.88 bits per heavy atom. The number of nitrogens with one attached hydrogen (secondary N) is 1. The summed E-state index contributed by atoms with van der Waals surface area (Å²) in [7, 11) is 0. The first-order valence-corrected chi connectivity index (χ1v) is 8.78. The second kappa shape index (κ2) is 9.13. The van der Waals surface area contributed by atoms with Gasteiger partial charge in [-0.2, -0.15) is 0 Å². The van der Waals surface area contributed by atoms with Crippen LogP contribution in [0.1, 0.15) is 30.5 Å². The first kappa shape index (κ1) is 19.6. The van der Waals surface area contributed by atoms with Gasteiger partial charge in [0, 0.05) is 18.7 Å². The highest BCUT2D eigenvalue weighted by Gasteiger charge is 2.26. The van der Waals surface area contributed by atoms with Crippen molar-refractivity contribution >= 4 is 11.8 Å². The minimum Gasteiger partial charge on any atom is -0.355 e. The molecule has 0 aromatic heterocycles. The summed E-state index contributed by atoms with van der Waals surface area (Å²) in [6, 6.07) is 13.3. The van der Waals surface area contributed by atoms with E-state index in [9.17, 15) is 14.0 Å². The molecule has 138 valence electrons. The SMILES string of the molecule is CCNC(=O)[C@@H](C)N(Cc1ccccc1F)C(=O)Cc1cccc(C)c1. The Labute approximate surface area is 154 Å². The van der Waals surface area contributed by atoms with Crippen LogP contribution < -0.4 is 5.32 Å². The molecule has 1 N–H and O–H groups in total. The van der Waals surface area contributed by atoms with Crippen LogP contribution in [-0.4, -0.2) is 29.3 Å². The first-order chi connectivity index (χ1) is 12.4. The third kappa shape index (κ3) is 5.15. The zero-order chi connectivity index (χ0) is 19.1. The van der Waals surface area contributed by atoms with Crippen LogP contribution in [0.4, 0.5) is 4.39 Å². The van der Waals surface area contributed by atoms with Gasteiger partial charge in [0.15, 0.2) is 0 Å². The summed E-state index contributed by atoms with van der Waals surface area (Å²) in [6.07, 6.45) is 0.167. The van der Waals surface area contributed by atoms with E-state index in [0.29, 0.717) is 12.1 Å². The largest absolute Gasteiger partial charge is 0.355 e. The number of nitrogens with zero attached hydrogens (tertiary/aromatic N) is 1. The van der Waals surface area contributed by atoms with Gasteiger partial charge in [0.25, 0.3) is 0 Å². The molecule has 0 saturated heterocycles. The zero-order valence-electron chi connectivity index (χ0n) is 15.5. The van der Waals surface area contributed by atoms with Crippen LogP contribution in [0.5, 0.6) is 0 Å². The maximum Gasteiger partial charge on any atom is 0.242 e. The topological polar surface area (TPSA) is 49.4 Å². The number of carbonyl (C=O) groups excluding carboxylic acids is 2. The van der Waals surface area contributed by atoms with E-state index in [0.717, 1.165) is 11.1 Å². The zero-order valence-corrected chi connectivity index (χ0v) is 15.5. The van der Waals surface area contributed by atoms with Crippen molar-refractivity contribution < 1.29 is 14.0 Å². The lowest BCUT2D eigenvalue weighted by Crippen LogP contribution is -2.48. The second-order valence-electron chi connectivity index (χ2n) is 6.35. The van der Waals surface area contributed by atoms with Crippen LogP contribution in [0, 0.1) is 12.7 Å². The van der Waals surface area contributed by atoms with Crippen molar-refractivity contribution in [2.45, 2.75) is 39.8 Å². The standard InChI is InChI=1S/C21H25FN2O2/c1-4-23-21(26)16(3)24(14-18-10-5-6-11-19(18)22)20(25)13-17-9-7-8-15(2)12-17/h5-12,16H,4,13-14H2,1-3H3,(H,23,26)/t16-/m1/s1. The molecule has 0 saturated carbocycles. The number of amides is 2. The number of aryl methyl sites for hydroxylation is 1. The Morgan fingerprint density at radius 1 is 1.15 bits per heavy atom. The fraction of sp³-hybridized carbons (Fsp3) is 0.333. The normalized spacial score (nSPS) is 11.7. The Bertz CT molecular complexity index is 776. The van der Waals surface area contributed by atoms with Gasteiger partial charge in [0.05, 0.1) is 6.42 Å². The second-order valence-corrected chi connectivity index (χ2v) is 6.35. The van der Waals surface area contributed by atoms with E-state index in [2.05, 4.69) is 5.32 Å². The van der Waals surface area contributed by atoms with Gasteiger partial charge in [-0.15, -0.1) is 0 Å². The van der Waals surface area contributed by atoms with Crippen LogP contribution in [0.25, 0.3) is 0 Å². The van der Waals surface area contributed by atoms with E-state index in [-0.39, 0.29) is 30.6 Å². The lowest BCUT2D eigenvalue weighted by Gasteiger charge is -2.29. The molecular formula is C21H25FN2O2. The van der Waals surface area contributed by atoms with E-state index in [1.165, 1.54) is 11.0 Å². The van der Waals surface area contributed by atoms with E-state index >= 15 is 0 Å². The minimum atomic E-state index is -0.688. The Hall–Kier alpha value is -2.69. The fourth-order valence-electron chi connectivity index (χ4n) is 2.81. The quantitative estimate of drug-likeness (QED) is 0.828. The van der Waals surface area contributed by atoms with E-state index in [4.69, 9.17) is 0 Å². The lowest BCUT2D eigenvalue weighted by atomic mass is 10.1. The summed E-state index contributed by atoms with van der Waals surface area (Å²) in [6.45, 7) is 5.97. The molecule has 0 aliphatic carbocycles. The molecular weight excluding hydrogens is 331 g/mol. The number of hydrogen-bond acceptors (Lipinski definition) is 2. The predicted molar refractivity (Wildman–Crippen MR) is 100.0 cm³/mol.